The van der Waals surface area contributed by atoms with Crippen molar-refractivity contribution in [2.24, 2.45) is 0 Å². The van der Waals surface area contributed by atoms with Crippen LogP contribution in [0.3, 0.4) is 0 Å². The van der Waals surface area contributed by atoms with Gasteiger partial charge >= 0.3 is 5.97 Å². The van der Waals surface area contributed by atoms with E-state index in [1.165, 1.54) is 19.1 Å². The van der Waals surface area contributed by atoms with Gasteiger partial charge in [0.25, 0.3) is 5.91 Å². The highest BCUT2D eigenvalue weighted by Crippen LogP contribution is 2.23. The van der Waals surface area contributed by atoms with Gasteiger partial charge in [-0.2, -0.15) is 0 Å². The Bertz CT molecular complexity index is 819. The summed E-state index contributed by atoms with van der Waals surface area (Å²) < 4.78 is 10.1. The maximum atomic E-state index is 12.1. The summed E-state index contributed by atoms with van der Waals surface area (Å²) in [7, 11) is 1.56. The van der Waals surface area contributed by atoms with Crippen LogP contribution >= 0.6 is 23.2 Å². The molecule has 0 unspecified atom stereocenters. The molecule has 26 heavy (non-hydrogen) atoms. The number of benzene rings is 2. The van der Waals surface area contributed by atoms with E-state index in [1.807, 2.05) is 0 Å². The van der Waals surface area contributed by atoms with Gasteiger partial charge in [-0.1, -0.05) is 29.3 Å². The van der Waals surface area contributed by atoms with E-state index in [0.29, 0.717) is 27.0 Å². The maximum absolute atomic E-state index is 12.1. The third-order valence-corrected chi connectivity index (χ3v) is 4.11. The van der Waals surface area contributed by atoms with Crippen LogP contribution < -0.4 is 10.1 Å². The zero-order valence-corrected chi connectivity index (χ0v) is 15.7. The number of ether oxygens (including phenoxy) is 2. The Morgan fingerprint density at radius 1 is 1.08 bits per heavy atom. The van der Waals surface area contributed by atoms with Gasteiger partial charge in [-0.25, -0.2) is 4.79 Å². The standard InChI is InChI=1S/C19H17Cl2NO4/c1-12(19(24)22-14-5-7-15(25-2)8-6-14)26-18(23)10-4-13-3-9-16(20)17(21)11-13/h3-12H,1-2H3,(H,22,24)/b10-4+/t12-/m0/s1. The van der Waals surface area contributed by atoms with Gasteiger partial charge in [0.05, 0.1) is 17.2 Å². The molecule has 0 saturated heterocycles. The number of esters is 1. The molecule has 136 valence electrons. The molecule has 0 fully saturated rings. The summed E-state index contributed by atoms with van der Waals surface area (Å²) in [6, 6.07) is 11.8. The lowest BCUT2D eigenvalue weighted by molar-refractivity contribution is -0.148. The molecule has 7 heteroatoms. The molecule has 1 N–H and O–H groups in total. The van der Waals surface area contributed by atoms with Crippen LogP contribution in [0.4, 0.5) is 5.69 Å². The number of nitrogens with one attached hydrogen (secondary N) is 1. The second kappa shape index (κ2) is 9.27. The van der Waals surface area contributed by atoms with Crippen LogP contribution in [-0.4, -0.2) is 25.1 Å². The average Bonchev–Trinajstić information content (AvgIpc) is 2.63. The molecule has 0 spiro atoms. The number of amides is 1. The average molecular weight is 394 g/mol. The van der Waals surface area contributed by atoms with E-state index in [-0.39, 0.29) is 0 Å². The molecule has 1 atom stereocenters. The molecular formula is C19H17Cl2NO4. The van der Waals surface area contributed by atoms with Gasteiger partial charge in [0.1, 0.15) is 5.75 Å². The molecule has 2 aromatic rings. The normalized spacial score (nSPS) is 11.8. The van der Waals surface area contributed by atoms with Crippen molar-refractivity contribution in [2.45, 2.75) is 13.0 Å². The van der Waals surface area contributed by atoms with E-state index in [9.17, 15) is 9.59 Å². The number of carbonyl (C=O) groups is 2. The molecule has 0 heterocycles. The number of hydrogen-bond donors (Lipinski definition) is 1. The Kier molecular flexibility index (Phi) is 7.06. The predicted molar refractivity (Wildman–Crippen MR) is 103 cm³/mol. The molecule has 0 aliphatic carbocycles. The van der Waals surface area contributed by atoms with Crippen LogP contribution in [0.15, 0.2) is 48.5 Å². The van der Waals surface area contributed by atoms with Crippen LogP contribution in [0.5, 0.6) is 5.75 Å². The van der Waals surface area contributed by atoms with Crippen molar-refractivity contribution in [2.75, 3.05) is 12.4 Å². The molecule has 0 radical (unpaired) electrons. The summed E-state index contributed by atoms with van der Waals surface area (Å²) in [5.74, 6) is -0.408. The van der Waals surface area contributed by atoms with Crippen molar-refractivity contribution in [1.29, 1.82) is 0 Å². The lowest BCUT2D eigenvalue weighted by Gasteiger charge is -2.12. The molecule has 0 bridgehead atoms. The Morgan fingerprint density at radius 3 is 2.38 bits per heavy atom. The third kappa shape index (κ3) is 5.79. The van der Waals surface area contributed by atoms with Crippen molar-refractivity contribution in [3.63, 3.8) is 0 Å². The van der Waals surface area contributed by atoms with E-state index < -0.39 is 18.0 Å². The third-order valence-electron chi connectivity index (χ3n) is 3.38. The largest absolute Gasteiger partial charge is 0.497 e. The highest BCUT2D eigenvalue weighted by Gasteiger charge is 2.16. The minimum atomic E-state index is -0.956. The fourth-order valence-corrected chi connectivity index (χ4v) is 2.27. The van der Waals surface area contributed by atoms with E-state index >= 15 is 0 Å². The fourth-order valence-electron chi connectivity index (χ4n) is 1.97. The quantitative estimate of drug-likeness (QED) is 0.575. The summed E-state index contributed by atoms with van der Waals surface area (Å²) in [5, 5.41) is 3.47. The number of methoxy groups -OCH3 is 1. The second-order valence-corrected chi connectivity index (χ2v) is 6.12. The van der Waals surface area contributed by atoms with Gasteiger partial charge < -0.3 is 14.8 Å². The zero-order chi connectivity index (χ0) is 19.1. The summed E-state index contributed by atoms with van der Waals surface area (Å²) in [4.78, 5) is 23.9. The van der Waals surface area contributed by atoms with Crippen molar-refractivity contribution in [1.82, 2.24) is 0 Å². The SMILES string of the molecule is COc1ccc(NC(=O)[C@H](C)OC(=O)/C=C/c2ccc(Cl)c(Cl)c2)cc1. The van der Waals surface area contributed by atoms with Crippen molar-refractivity contribution in [3.05, 3.63) is 64.1 Å². The Morgan fingerprint density at radius 2 is 1.77 bits per heavy atom. The number of hydrogen-bond acceptors (Lipinski definition) is 4. The fraction of sp³-hybridized carbons (Fsp3) is 0.158. The summed E-state index contributed by atoms with van der Waals surface area (Å²) >= 11 is 11.7. The lowest BCUT2D eigenvalue weighted by atomic mass is 10.2. The van der Waals surface area contributed by atoms with Crippen LogP contribution in [0, 0.1) is 0 Å². The first kappa shape index (κ1) is 19.8. The number of anilines is 1. The van der Waals surface area contributed by atoms with Crippen molar-refractivity contribution >= 4 is 46.8 Å². The highest BCUT2D eigenvalue weighted by molar-refractivity contribution is 6.42. The van der Waals surface area contributed by atoms with Gasteiger partial charge in [-0.15, -0.1) is 0 Å². The molecule has 5 nitrogen and oxygen atoms in total. The van der Waals surface area contributed by atoms with Gasteiger partial charge in [-0.3, -0.25) is 4.79 Å². The monoisotopic (exact) mass is 393 g/mol. The first-order chi connectivity index (χ1) is 12.4. The van der Waals surface area contributed by atoms with Gasteiger partial charge in [-0.05, 0) is 55.0 Å². The summed E-state index contributed by atoms with van der Waals surface area (Å²) in [6.07, 6.45) is 1.79. The van der Waals surface area contributed by atoms with Gasteiger partial charge in [0.15, 0.2) is 6.10 Å². The highest BCUT2D eigenvalue weighted by atomic mass is 35.5. The van der Waals surface area contributed by atoms with Gasteiger partial charge in [0.2, 0.25) is 0 Å². The van der Waals surface area contributed by atoms with Crippen LogP contribution in [0.2, 0.25) is 10.0 Å². The molecule has 0 saturated carbocycles. The molecular weight excluding hydrogens is 377 g/mol. The Hall–Kier alpha value is -2.50. The van der Waals surface area contributed by atoms with E-state index in [1.54, 1.807) is 49.6 Å². The molecule has 0 aliphatic heterocycles. The Labute approximate surface area is 161 Å². The van der Waals surface area contributed by atoms with Gasteiger partial charge in [0, 0.05) is 11.8 Å². The first-order valence-corrected chi connectivity index (χ1v) is 8.43. The Balaban J connectivity index is 1.89. The molecule has 0 aromatic heterocycles. The first-order valence-electron chi connectivity index (χ1n) is 7.67. The van der Waals surface area contributed by atoms with E-state index in [4.69, 9.17) is 32.7 Å². The van der Waals surface area contributed by atoms with E-state index in [0.717, 1.165) is 0 Å². The van der Waals surface area contributed by atoms with Crippen molar-refractivity contribution in [3.8, 4) is 5.75 Å². The smallest absolute Gasteiger partial charge is 0.331 e. The molecule has 2 aromatic carbocycles. The van der Waals surface area contributed by atoms with Crippen LogP contribution in [0.25, 0.3) is 6.08 Å². The van der Waals surface area contributed by atoms with Crippen LogP contribution in [-0.2, 0) is 14.3 Å². The minimum absolute atomic E-state index is 0.384. The minimum Gasteiger partial charge on any atom is -0.497 e. The zero-order valence-electron chi connectivity index (χ0n) is 14.2. The topological polar surface area (TPSA) is 64.6 Å². The number of halogens is 2. The molecule has 2 rings (SSSR count). The molecule has 0 aliphatic rings. The number of rotatable bonds is 6. The van der Waals surface area contributed by atoms with Crippen LogP contribution in [0.1, 0.15) is 12.5 Å². The van der Waals surface area contributed by atoms with E-state index in [2.05, 4.69) is 5.32 Å². The summed E-state index contributed by atoms with van der Waals surface area (Å²) in [5.41, 5.74) is 1.26. The maximum Gasteiger partial charge on any atom is 0.331 e. The molecule has 1 amide bonds. The lowest BCUT2D eigenvalue weighted by Crippen LogP contribution is -2.29. The second-order valence-electron chi connectivity index (χ2n) is 5.30. The van der Waals surface area contributed by atoms with Crippen molar-refractivity contribution < 1.29 is 19.1 Å². The predicted octanol–water partition coefficient (Wildman–Crippen LogP) is 4.59. The number of carbonyl (C=O) groups excluding carboxylic acids is 2. The summed E-state index contributed by atoms with van der Waals surface area (Å²) in [6.45, 7) is 1.49.